The molecule has 2 aromatic rings. The molecule has 1 heterocycles. The number of carbonyl (C=O) groups excluding carboxylic acids is 1. The average molecular weight is 383 g/mol. The van der Waals surface area contributed by atoms with Crippen LogP contribution in [-0.4, -0.2) is 55.3 Å². The highest BCUT2D eigenvalue weighted by atomic mass is 16.5. The number of β-amino-alcohol motifs (C(OH)–C–C–N with tert-alkyl or cyclic N) is 1. The Morgan fingerprint density at radius 3 is 2.61 bits per heavy atom. The minimum atomic E-state index is -0.711. The molecule has 0 saturated carbocycles. The van der Waals surface area contributed by atoms with Gasteiger partial charge in [0, 0.05) is 38.3 Å². The molecule has 0 aromatic heterocycles. The van der Waals surface area contributed by atoms with Crippen LogP contribution in [0.1, 0.15) is 42.1 Å². The van der Waals surface area contributed by atoms with Crippen molar-refractivity contribution in [3.63, 3.8) is 0 Å². The second kappa shape index (κ2) is 8.65. The molecule has 1 amide bonds. The minimum Gasteiger partial charge on any atom is -0.488 e. The molecule has 0 spiro atoms. The summed E-state index contributed by atoms with van der Waals surface area (Å²) in [5.74, 6) is 1.14. The van der Waals surface area contributed by atoms with E-state index in [1.807, 2.05) is 61.5 Å². The number of piperidine rings is 1. The zero-order valence-electron chi connectivity index (χ0n) is 17.1. The summed E-state index contributed by atoms with van der Waals surface area (Å²) in [4.78, 5) is 16.5. The molecule has 28 heavy (non-hydrogen) atoms. The molecule has 5 heteroatoms. The standard InChI is InChI=1S/C23H30N2O3/c1-16(2)17-7-6-10-20(14-17)28-22-11-12-25(15-21(22)26)23(27)18-8-5-9-19(13-18)24(3)4/h5-10,13-14,16,21-22,26H,11-12,15H2,1-4H3/t21-,22-/m1/s1. The lowest BCUT2D eigenvalue weighted by molar-refractivity contribution is -0.0199. The maximum absolute atomic E-state index is 12.9. The van der Waals surface area contributed by atoms with Gasteiger partial charge in [0.25, 0.3) is 5.91 Å². The van der Waals surface area contributed by atoms with Crippen LogP contribution in [0.25, 0.3) is 0 Å². The van der Waals surface area contributed by atoms with E-state index in [-0.39, 0.29) is 18.6 Å². The van der Waals surface area contributed by atoms with Gasteiger partial charge in [0.2, 0.25) is 0 Å². The Bertz CT molecular complexity index is 819. The van der Waals surface area contributed by atoms with Crippen LogP contribution in [0, 0.1) is 0 Å². The van der Waals surface area contributed by atoms with Crippen molar-refractivity contribution in [2.24, 2.45) is 0 Å². The molecule has 5 nitrogen and oxygen atoms in total. The van der Waals surface area contributed by atoms with Crippen molar-refractivity contribution in [1.82, 2.24) is 4.90 Å². The van der Waals surface area contributed by atoms with E-state index in [1.165, 1.54) is 5.56 Å². The zero-order valence-corrected chi connectivity index (χ0v) is 17.1. The number of ether oxygens (including phenoxy) is 1. The van der Waals surface area contributed by atoms with Crippen LogP contribution in [0.5, 0.6) is 5.75 Å². The van der Waals surface area contributed by atoms with Gasteiger partial charge in [-0.2, -0.15) is 0 Å². The molecule has 2 atom stereocenters. The lowest BCUT2D eigenvalue weighted by atomic mass is 10.0. The van der Waals surface area contributed by atoms with Crippen molar-refractivity contribution in [2.75, 3.05) is 32.1 Å². The smallest absolute Gasteiger partial charge is 0.254 e. The third kappa shape index (κ3) is 4.65. The Morgan fingerprint density at radius 1 is 1.18 bits per heavy atom. The van der Waals surface area contributed by atoms with E-state index in [0.29, 0.717) is 24.4 Å². The van der Waals surface area contributed by atoms with Gasteiger partial charge in [0.05, 0.1) is 6.54 Å². The molecular weight excluding hydrogens is 352 g/mol. The van der Waals surface area contributed by atoms with Gasteiger partial charge >= 0.3 is 0 Å². The van der Waals surface area contributed by atoms with Gasteiger partial charge in [0.15, 0.2) is 0 Å². The number of aliphatic hydroxyl groups is 1. The normalized spacial score (nSPS) is 19.6. The number of aliphatic hydroxyl groups excluding tert-OH is 1. The Balaban J connectivity index is 1.64. The second-order valence-electron chi connectivity index (χ2n) is 7.94. The largest absolute Gasteiger partial charge is 0.488 e. The summed E-state index contributed by atoms with van der Waals surface area (Å²) in [6, 6.07) is 15.6. The van der Waals surface area contributed by atoms with E-state index < -0.39 is 6.10 Å². The number of likely N-dealkylation sites (tertiary alicyclic amines) is 1. The molecule has 0 unspecified atom stereocenters. The Hall–Kier alpha value is -2.53. The van der Waals surface area contributed by atoms with Crippen LogP contribution in [0.15, 0.2) is 48.5 Å². The molecule has 0 aliphatic carbocycles. The molecule has 150 valence electrons. The van der Waals surface area contributed by atoms with E-state index in [9.17, 15) is 9.90 Å². The van der Waals surface area contributed by atoms with Crippen molar-refractivity contribution in [3.05, 3.63) is 59.7 Å². The van der Waals surface area contributed by atoms with Crippen LogP contribution >= 0.6 is 0 Å². The molecule has 3 rings (SSSR count). The fraction of sp³-hybridized carbons (Fsp3) is 0.435. The Kier molecular flexibility index (Phi) is 6.25. The van der Waals surface area contributed by atoms with Crippen molar-refractivity contribution in [1.29, 1.82) is 0 Å². The molecule has 1 saturated heterocycles. The van der Waals surface area contributed by atoms with Crippen molar-refractivity contribution in [3.8, 4) is 5.75 Å². The quantitative estimate of drug-likeness (QED) is 0.860. The van der Waals surface area contributed by atoms with Crippen molar-refractivity contribution < 1.29 is 14.6 Å². The van der Waals surface area contributed by atoms with Crippen LogP contribution in [0.3, 0.4) is 0 Å². The number of hydrogen-bond donors (Lipinski definition) is 1. The maximum atomic E-state index is 12.9. The number of hydrogen-bond acceptors (Lipinski definition) is 4. The monoisotopic (exact) mass is 382 g/mol. The number of nitrogens with zero attached hydrogens (tertiary/aromatic N) is 2. The van der Waals surface area contributed by atoms with Crippen LogP contribution in [0.2, 0.25) is 0 Å². The van der Waals surface area contributed by atoms with E-state index in [0.717, 1.165) is 11.4 Å². The third-order valence-electron chi connectivity index (χ3n) is 5.23. The van der Waals surface area contributed by atoms with Crippen LogP contribution in [0.4, 0.5) is 5.69 Å². The predicted molar refractivity (Wildman–Crippen MR) is 112 cm³/mol. The van der Waals surface area contributed by atoms with Gasteiger partial charge < -0.3 is 19.6 Å². The van der Waals surface area contributed by atoms with E-state index in [4.69, 9.17) is 4.74 Å². The first-order chi connectivity index (χ1) is 13.3. The molecule has 1 aliphatic heterocycles. The van der Waals surface area contributed by atoms with Crippen LogP contribution < -0.4 is 9.64 Å². The highest BCUT2D eigenvalue weighted by molar-refractivity contribution is 5.95. The van der Waals surface area contributed by atoms with Gasteiger partial charge in [-0.3, -0.25) is 4.79 Å². The molecule has 0 bridgehead atoms. The second-order valence-corrected chi connectivity index (χ2v) is 7.94. The Labute approximate surface area is 167 Å². The van der Waals surface area contributed by atoms with Crippen molar-refractivity contribution >= 4 is 11.6 Å². The average Bonchev–Trinajstić information content (AvgIpc) is 2.69. The van der Waals surface area contributed by atoms with Gasteiger partial charge in [-0.1, -0.05) is 32.0 Å². The van der Waals surface area contributed by atoms with Crippen molar-refractivity contribution in [2.45, 2.75) is 38.4 Å². The molecular formula is C23H30N2O3. The Morgan fingerprint density at radius 2 is 1.93 bits per heavy atom. The van der Waals surface area contributed by atoms with Gasteiger partial charge in [-0.05, 0) is 41.8 Å². The van der Waals surface area contributed by atoms with Crippen LogP contribution in [-0.2, 0) is 0 Å². The number of benzene rings is 2. The number of anilines is 1. The molecule has 1 fully saturated rings. The SMILES string of the molecule is CC(C)c1cccc(O[C@@H]2CCN(C(=O)c3cccc(N(C)C)c3)C[C@H]2O)c1. The first-order valence-electron chi connectivity index (χ1n) is 9.86. The summed E-state index contributed by atoms with van der Waals surface area (Å²) in [5, 5.41) is 10.6. The van der Waals surface area contributed by atoms with Gasteiger partial charge in [-0.15, -0.1) is 0 Å². The number of rotatable bonds is 5. The summed E-state index contributed by atoms with van der Waals surface area (Å²) in [6.07, 6.45) is -0.413. The topological polar surface area (TPSA) is 53.0 Å². The third-order valence-corrected chi connectivity index (χ3v) is 5.23. The number of amides is 1. The van der Waals surface area contributed by atoms with Gasteiger partial charge in [-0.25, -0.2) is 0 Å². The van der Waals surface area contributed by atoms with Gasteiger partial charge in [0.1, 0.15) is 18.0 Å². The zero-order chi connectivity index (χ0) is 20.3. The minimum absolute atomic E-state index is 0.0528. The first-order valence-corrected chi connectivity index (χ1v) is 9.86. The fourth-order valence-corrected chi connectivity index (χ4v) is 3.45. The van der Waals surface area contributed by atoms with E-state index in [2.05, 4.69) is 19.9 Å². The summed E-state index contributed by atoms with van der Waals surface area (Å²) in [5.41, 5.74) is 2.83. The summed E-state index contributed by atoms with van der Waals surface area (Å²) in [6.45, 7) is 5.13. The molecule has 1 aliphatic rings. The summed E-state index contributed by atoms with van der Waals surface area (Å²) < 4.78 is 6.05. The predicted octanol–water partition coefficient (Wildman–Crippen LogP) is 3.53. The number of carbonyl (C=O) groups is 1. The molecule has 1 N–H and O–H groups in total. The summed E-state index contributed by atoms with van der Waals surface area (Å²) in [7, 11) is 3.90. The molecule has 2 aromatic carbocycles. The lowest BCUT2D eigenvalue weighted by Gasteiger charge is -2.36. The fourth-order valence-electron chi connectivity index (χ4n) is 3.45. The van der Waals surface area contributed by atoms with E-state index in [1.54, 1.807) is 4.90 Å². The highest BCUT2D eigenvalue weighted by Gasteiger charge is 2.32. The lowest BCUT2D eigenvalue weighted by Crippen LogP contribution is -2.51. The molecule has 0 radical (unpaired) electrons. The van der Waals surface area contributed by atoms with E-state index >= 15 is 0 Å². The summed E-state index contributed by atoms with van der Waals surface area (Å²) >= 11 is 0. The maximum Gasteiger partial charge on any atom is 0.254 e. The first kappa shape index (κ1) is 20.2. The highest BCUT2D eigenvalue weighted by Crippen LogP contribution is 2.25.